The maximum atomic E-state index is 12.3. The van der Waals surface area contributed by atoms with E-state index in [9.17, 15) is 4.79 Å². The maximum Gasteiger partial charge on any atom is 0.319 e. The number of unbranched alkanes of at least 4 members (excludes halogenated alkanes) is 1. The van der Waals surface area contributed by atoms with E-state index in [2.05, 4.69) is 57.5 Å². The van der Waals surface area contributed by atoms with Crippen molar-refractivity contribution in [3.8, 4) is 22.9 Å². The molecule has 1 amide bonds. The number of piperazine rings is 1. The molecule has 1 N–H and O–H groups in total. The number of aromatic nitrogens is 2. The molecule has 1 fully saturated rings. The van der Waals surface area contributed by atoms with Crippen LogP contribution in [0.4, 0.5) is 11.5 Å². The molecule has 1 saturated heterocycles. The Hall–Kier alpha value is -3.08. The molecule has 5 rings (SSSR count). The zero-order valence-electron chi connectivity index (χ0n) is 25.4. The van der Waals surface area contributed by atoms with Crippen molar-refractivity contribution in [3.63, 3.8) is 0 Å². The predicted octanol–water partition coefficient (Wildman–Crippen LogP) is 5.94. The molecule has 0 unspecified atom stereocenters. The number of ether oxygens (including phenoxy) is 2. The van der Waals surface area contributed by atoms with E-state index in [1.54, 1.807) is 0 Å². The lowest BCUT2D eigenvalue weighted by Gasteiger charge is -2.35. The number of nitrogens with zero attached hydrogens (tertiary/aromatic N) is 5. The van der Waals surface area contributed by atoms with Gasteiger partial charge in [0.05, 0.1) is 5.69 Å². The summed E-state index contributed by atoms with van der Waals surface area (Å²) in [7, 11) is 4.01. The third kappa shape index (κ3) is 6.56. The highest BCUT2D eigenvalue weighted by Crippen LogP contribution is 2.50. The van der Waals surface area contributed by atoms with Crippen LogP contribution in [0.15, 0.2) is 29.3 Å². The van der Waals surface area contributed by atoms with E-state index in [0.717, 1.165) is 74.4 Å². The van der Waals surface area contributed by atoms with Gasteiger partial charge in [0.2, 0.25) is 5.91 Å². The molecule has 2 aromatic carbocycles. The first kappa shape index (κ1) is 31.3. The van der Waals surface area contributed by atoms with Crippen LogP contribution in [-0.2, 0) is 11.2 Å². The van der Waals surface area contributed by atoms with Crippen LogP contribution >= 0.6 is 27.5 Å². The van der Waals surface area contributed by atoms with Gasteiger partial charge in [0, 0.05) is 65.3 Å². The van der Waals surface area contributed by atoms with E-state index >= 15 is 0 Å². The van der Waals surface area contributed by atoms with E-state index in [4.69, 9.17) is 31.0 Å². The van der Waals surface area contributed by atoms with Gasteiger partial charge < -0.3 is 29.5 Å². The quantitative estimate of drug-likeness (QED) is 0.280. The summed E-state index contributed by atoms with van der Waals surface area (Å²) in [6.07, 6.45) is 4.31. The van der Waals surface area contributed by atoms with Gasteiger partial charge in [0.15, 0.2) is 5.75 Å². The Kier molecular flexibility index (Phi) is 9.99. The van der Waals surface area contributed by atoms with Gasteiger partial charge in [-0.3, -0.25) is 4.79 Å². The van der Waals surface area contributed by atoms with E-state index in [-0.39, 0.29) is 5.91 Å². The number of benzene rings is 2. The molecule has 0 radical (unpaired) electrons. The Balaban J connectivity index is 1.72. The highest BCUT2D eigenvalue weighted by atomic mass is 79.9. The van der Waals surface area contributed by atoms with Crippen molar-refractivity contribution in [2.45, 2.75) is 33.1 Å². The fourth-order valence-corrected chi connectivity index (χ4v) is 6.71. The van der Waals surface area contributed by atoms with Gasteiger partial charge in [-0.25, -0.2) is 0 Å². The molecule has 230 valence electrons. The predicted molar refractivity (Wildman–Crippen MR) is 178 cm³/mol. The minimum atomic E-state index is -0.0542. The third-order valence-electron chi connectivity index (χ3n) is 7.95. The molecule has 11 heteroatoms. The molecule has 1 aromatic heterocycles. The minimum Gasteiger partial charge on any atom is -0.489 e. The number of nitrogens with one attached hydrogen (secondary N) is 1. The topological polar surface area (TPSA) is 83.1 Å². The van der Waals surface area contributed by atoms with Gasteiger partial charge in [0.1, 0.15) is 24.5 Å². The Morgan fingerprint density at radius 1 is 1.23 bits per heavy atom. The zero-order chi connectivity index (χ0) is 30.7. The van der Waals surface area contributed by atoms with Crippen molar-refractivity contribution in [1.82, 2.24) is 19.8 Å². The van der Waals surface area contributed by atoms with Gasteiger partial charge >= 0.3 is 6.01 Å². The van der Waals surface area contributed by atoms with Crippen LogP contribution in [0.25, 0.3) is 22.0 Å². The van der Waals surface area contributed by atoms with Crippen LogP contribution < -0.4 is 19.7 Å². The number of hydrogen-bond donors (Lipinski definition) is 1. The monoisotopic (exact) mass is 670 g/mol. The Labute approximate surface area is 267 Å². The first-order chi connectivity index (χ1) is 20.7. The van der Waals surface area contributed by atoms with Gasteiger partial charge in [0.25, 0.3) is 0 Å². The molecule has 2 aliphatic heterocycles. The summed E-state index contributed by atoms with van der Waals surface area (Å²) in [6.45, 7) is 12.6. The van der Waals surface area contributed by atoms with Crippen LogP contribution in [-0.4, -0.2) is 92.3 Å². The van der Waals surface area contributed by atoms with Crippen molar-refractivity contribution < 1.29 is 14.3 Å². The number of halogens is 2. The smallest absolute Gasteiger partial charge is 0.319 e. The van der Waals surface area contributed by atoms with Crippen molar-refractivity contribution in [2.24, 2.45) is 0 Å². The maximum absolute atomic E-state index is 12.3. The van der Waals surface area contributed by atoms with Gasteiger partial charge in [-0.05, 0) is 79.1 Å². The fraction of sp³-hybridized carbons (Fsp3) is 0.469. The standard InChI is InChI=1S/C32H40BrClN6O3/c1-6-8-9-21-24(34)19-23(33)29-27(21)26-20(3)18-22-28(30(26)42-16-10-35-29)36-32(43-17-15-38(4)5)37-31(22)40-13-11-39(12-14-40)25(41)7-2/h7,18-19,35H,2,6,8-17H2,1,3-5H3. The number of amides is 1. The number of hydrogen-bond acceptors (Lipinski definition) is 8. The summed E-state index contributed by atoms with van der Waals surface area (Å²) in [5.74, 6) is 1.44. The molecule has 43 heavy (non-hydrogen) atoms. The number of carbonyl (C=O) groups is 1. The normalized spacial score (nSPS) is 14.9. The Morgan fingerprint density at radius 2 is 2.00 bits per heavy atom. The highest BCUT2D eigenvalue weighted by molar-refractivity contribution is 9.10. The molecule has 0 spiro atoms. The van der Waals surface area contributed by atoms with E-state index in [1.165, 1.54) is 6.08 Å². The number of fused-ring (bicyclic) bond motifs is 5. The summed E-state index contributed by atoms with van der Waals surface area (Å²) in [4.78, 5) is 28.2. The lowest BCUT2D eigenvalue weighted by Crippen LogP contribution is -2.48. The molecule has 3 heterocycles. The lowest BCUT2D eigenvalue weighted by molar-refractivity contribution is -0.126. The summed E-state index contributed by atoms with van der Waals surface area (Å²) < 4.78 is 13.6. The minimum absolute atomic E-state index is 0.0542. The molecule has 0 atom stereocenters. The third-order valence-corrected chi connectivity index (χ3v) is 8.91. The molecule has 0 saturated carbocycles. The Morgan fingerprint density at radius 3 is 2.70 bits per heavy atom. The average Bonchev–Trinajstić information content (AvgIpc) is 2.97. The number of rotatable bonds is 9. The molecule has 0 bridgehead atoms. The van der Waals surface area contributed by atoms with Crippen LogP contribution in [0.3, 0.4) is 0 Å². The molecule has 3 aromatic rings. The molecular formula is C32H40BrClN6O3. The number of likely N-dealkylation sites (N-methyl/N-ethyl adjacent to an activating group) is 1. The van der Waals surface area contributed by atoms with Crippen molar-refractivity contribution in [3.05, 3.63) is 45.4 Å². The summed E-state index contributed by atoms with van der Waals surface area (Å²) >= 11 is 10.7. The summed E-state index contributed by atoms with van der Waals surface area (Å²) in [5.41, 5.74) is 5.90. The number of carbonyl (C=O) groups excluding carboxylic acids is 1. The molecule has 9 nitrogen and oxygen atoms in total. The second kappa shape index (κ2) is 13.7. The summed E-state index contributed by atoms with van der Waals surface area (Å²) in [6, 6.07) is 4.45. The second-order valence-electron chi connectivity index (χ2n) is 11.2. The first-order valence-corrected chi connectivity index (χ1v) is 16.1. The van der Waals surface area contributed by atoms with Crippen LogP contribution in [0, 0.1) is 6.92 Å². The zero-order valence-corrected chi connectivity index (χ0v) is 27.8. The van der Waals surface area contributed by atoms with E-state index in [1.807, 2.05) is 25.1 Å². The average molecular weight is 672 g/mol. The second-order valence-corrected chi connectivity index (χ2v) is 12.5. The highest BCUT2D eigenvalue weighted by Gasteiger charge is 2.29. The van der Waals surface area contributed by atoms with Crippen LogP contribution in [0.2, 0.25) is 5.02 Å². The lowest BCUT2D eigenvalue weighted by atomic mass is 9.89. The van der Waals surface area contributed by atoms with Crippen molar-refractivity contribution in [1.29, 1.82) is 0 Å². The van der Waals surface area contributed by atoms with E-state index in [0.29, 0.717) is 63.2 Å². The van der Waals surface area contributed by atoms with Gasteiger partial charge in [-0.2, -0.15) is 9.97 Å². The van der Waals surface area contributed by atoms with E-state index < -0.39 is 0 Å². The first-order valence-electron chi connectivity index (χ1n) is 14.9. The largest absolute Gasteiger partial charge is 0.489 e. The fourth-order valence-electron chi connectivity index (χ4n) is 5.71. The van der Waals surface area contributed by atoms with Gasteiger partial charge in [-0.1, -0.05) is 31.5 Å². The number of anilines is 2. The molecule has 2 aliphatic rings. The SMILES string of the molecule is C=CC(=O)N1CCN(c2nc(OCCN(C)C)nc3c4c(c(C)cc23)-c2c(CCCC)c(Cl)cc(Br)c2NCCO4)CC1. The van der Waals surface area contributed by atoms with Crippen molar-refractivity contribution >= 4 is 55.8 Å². The van der Waals surface area contributed by atoms with Crippen molar-refractivity contribution in [2.75, 3.05) is 76.8 Å². The van der Waals surface area contributed by atoms with Crippen LogP contribution in [0.1, 0.15) is 30.9 Å². The number of aryl methyl sites for hydroxylation is 1. The Bertz CT molecular complexity index is 1520. The molecular weight excluding hydrogens is 632 g/mol. The molecule has 0 aliphatic carbocycles. The van der Waals surface area contributed by atoms with Crippen LogP contribution in [0.5, 0.6) is 11.8 Å². The summed E-state index contributed by atoms with van der Waals surface area (Å²) in [5, 5.41) is 5.21. The van der Waals surface area contributed by atoms with Gasteiger partial charge in [-0.15, -0.1) is 0 Å².